The van der Waals surface area contributed by atoms with Crippen molar-refractivity contribution in [3.8, 4) is 0 Å². The summed E-state index contributed by atoms with van der Waals surface area (Å²) in [5.41, 5.74) is 0. The van der Waals surface area contributed by atoms with E-state index in [4.69, 9.17) is 9.47 Å². The Bertz CT molecular complexity index is 812. The van der Waals surface area contributed by atoms with Crippen LogP contribution in [-0.2, 0) is 14.3 Å². The van der Waals surface area contributed by atoms with Crippen molar-refractivity contribution in [1.82, 2.24) is 5.32 Å². The molecule has 302 valence electrons. The maximum absolute atomic E-state index is 12.9. The van der Waals surface area contributed by atoms with Gasteiger partial charge < -0.3 is 40.3 Å². The van der Waals surface area contributed by atoms with Crippen molar-refractivity contribution >= 4 is 5.91 Å². The molecule has 51 heavy (non-hydrogen) atoms. The lowest BCUT2D eigenvalue weighted by Crippen LogP contribution is -2.60. The molecule has 1 aliphatic rings. The number of unbranched alkanes of at least 4 members (excludes halogenated alkanes) is 25. The highest BCUT2D eigenvalue weighted by atomic mass is 16.7. The van der Waals surface area contributed by atoms with Gasteiger partial charge >= 0.3 is 0 Å². The lowest BCUT2D eigenvalue weighted by Gasteiger charge is -2.40. The largest absolute Gasteiger partial charge is 0.394 e. The Morgan fingerprint density at radius 3 is 1.53 bits per heavy atom. The summed E-state index contributed by atoms with van der Waals surface area (Å²) in [5, 5.41) is 54.0. The van der Waals surface area contributed by atoms with Gasteiger partial charge in [0, 0.05) is 6.42 Å². The third-order valence-corrected chi connectivity index (χ3v) is 10.4. The first-order valence-corrected chi connectivity index (χ1v) is 21.4. The van der Waals surface area contributed by atoms with Gasteiger partial charge in [0.15, 0.2) is 6.29 Å². The quantitative estimate of drug-likeness (QED) is 0.0283. The highest BCUT2D eigenvalue weighted by Crippen LogP contribution is 2.22. The van der Waals surface area contributed by atoms with E-state index >= 15 is 0 Å². The molecule has 9 nitrogen and oxygen atoms in total. The van der Waals surface area contributed by atoms with E-state index in [-0.39, 0.29) is 12.5 Å². The SMILES string of the molecule is CCCCCCCCCCCCC/C=C/[C@@H](O)[C@H](CO[C@@H]1O[C@H](CO)[C@H](O)[C@H](O)[C@H]1O)NC(=O)CCCCCCCCCCCCCCCCC. The van der Waals surface area contributed by atoms with Crippen LogP contribution in [0.5, 0.6) is 0 Å². The first kappa shape index (κ1) is 48.0. The molecular formula is C42H81NO8. The average Bonchev–Trinajstić information content (AvgIpc) is 3.13. The minimum absolute atomic E-state index is 0.176. The molecule has 0 aromatic rings. The van der Waals surface area contributed by atoms with Crippen molar-refractivity contribution in [3.63, 3.8) is 0 Å². The van der Waals surface area contributed by atoms with Crippen molar-refractivity contribution < 1.29 is 39.8 Å². The lowest BCUT2D eigenvalue weighted by molar-refractivity contribution is -0.302. The molecule has 0 aromatic carbocycles. The van der Waals surface area contributed by atoms with Crippen LogP contribution in [0.25, 0.3) is 0 Å². The summed E-state index contributed by atoms with van der Waals surface area (Å²) in [7, 11) is 0. The second-order valence-corrected chi connectivity index (χ2v) is 15.1. The number of nitrogens with one attached hydrogen (secondary N) is 1. The van der Waals surface area contributed by atoms with Crippen LogP contribution in [0.15, 0.2) is 12.2 Å². The molecule has 0 aromatic heterocycles. The molecule has 0 bridgehead atoms. The number of aliphatic hydroxyl groups is 5. The summed E-state index contributed by atoms with van der Waals surface area (Å²) in [4.78, 5) is 12.9. The second-order valence-electron chi connectivity index (χ2n) is 15.1. The van der Waals surface area contributed by atoms with Gasteiger partial charge in [0.05, 0.1) is 25.4 Å². The van der Waals surface area contributed by atoms with Gasteiger partial charge in [-0.05, 0) is 19.3 Å². The normalized spacial score (nSPS) is 22.1. The van der Waals surface area contributed by atoms with Gasteiger partial charge in [-0.1, -0.05) is 180 Å². The Kier molecular flexibility index (Phi) is 31.5. The molecule has 0 radical (unpaired) electrons. The number of aliphatic hydroxyl groups excluding tert-OH is 5. The number of rotatable bonds is 35. The molecule has 1 saturated heterocycles. The van der Waals surface area contributed by atoms with Crippen molar-refractivity contribution in [3.05, 3.63) is 12.2 Å². The van der Waals surface area contributed by atoms with E-state index in [1.54, 1.807) is 6.08 Å². The highest BCUT2D eigenvalue weighted by Gasteiger charge is 2.44. The van der Waals surface area contributed by atoms with Gasteiger partial charge in [0.25, 0.3) is 0 Å². The minimum atomic E-state index is -1.56. The van der Waals surface area contributed by atoms with Gasteiger partial charge in [-0.25, -0.2) is 0 Å². The molecule has 9 heteroatoms. The summed E-state index contributed by atoms with van der Waals surface area (Å²) < 4.78 is 11.2. The van der Waals surface area contributed by atoms with E-state index in [0.717, 1.165) is 38.5 Å². The smallest absolute Gasteiger partial charge is 0.220 e. The van der Waals surface area contributed by atoms with Crippen molar-refractivity contribution in [2.75, 3.05) is 13.2 Å². The van der Waals surface area contributed by atoms with E-state index < -0.39 is 49.5 Å². The zero-order valence-corrected chi connectivity index (χ0v) is 32.9. The zero-order valence-electron chi connectivity index (χ0n) is 32.9. The monoisotopic (exact) mass is 728 g/mol. The molecule has 1 rings (SSSR count). The van der Waals surface area contributed by atoms with Gasteiger partial charge in [0.2, 0.25) is 5.91 Å². The molecule has 0 unspecified atom stereocenters. The summed E-state index contributed by atoms with van der Waals surface area (Å²) in [6, 6.07) is -0.796. The molecule has 6 N–H and O–H groups in total. The number of amides is 1. The van der Waals surface area contributed by atoms with E-state index in [9.17, 15) is 30.3 Å². The number of allylic oxidation sites excluding steroid dienone is 1. The Labute approximate surface area is 312 Å². The summed E-state index contributed by atoms with van der Waals surface area (Å²) in [5.74, 6) is -0.176. The van der Waals surface area contributed by atoms with Crippen LogP contribution in [0.2, 0.25) is 0 Å². The summed E-state index contributed by atoms with van der Waals surface area (Å²) in [6.45, 7) is 3.76. The standard InChI is InChI=1S/C42H81NO8/c1-3-5-7-9-11-13-15-17-18-20-22-24-26-28-30-32-38(46)43-35(34-50-42-41(49)40(48)39(47)37(33-44)51-42)36(45)31-29-27-25-23-21-19-16-14-12-10-8-6-4-2/h29,31,35-37,39-42,44-45,47-49H,3-28,30,32-34H2,1-2H3,(H,43,46)/b31-29+/t35-,36+,37+,39-,40-,41+,42+/m0/s1. The van der Waals surface area contributed by atoms with Gasteiger partial charge in [0.1, 0.15) is 24.4 Å². The van der Waals surface area contributed by atoms with Gasteiger partial charge in [-0.15, -0.1) is 0 Å². The minimum Gasteiger partial charge on any atom is -0.394 e. The van der Waals surface area contributed by atoms with E-state index in [1.807, 2.05) is 6.08 Å². The predicted octanol–water partition coefficient (Wildman–Crippen LogP) is 8.17. The Morgan fingerprint density at radius 1 is 0.647 bits per heavy atom. The van der Waals surface area contributed by atoms with Crippen LogP contribution in [0.4, 0.5) is 0 Å². The number of hydrogen-bond donors (Lipinski definition) is 6. The maximum atomic E-state index is 12.9. The van der Waals surface area contributed by atoms with Crippen molar-refractivity contribution in [2.45, 2.75) is 236 Å². The van der Waals surface area contributed by atoms with Crippen LogP contribution in [0.1, 0.15) is 194 Å². The number of ether oxygens (including phenoxy) is 2. The first-order valence-electron chi connectivity index (χ1n) is 21.4. The number of hydrogen-bond acceptors (Lipinski definition) is 8. The maximum Gasteiger partial charge on any atom is 0.220 e. The van der Waals surface area contributed by atoms with Gasteiger partial charge in [-0.2, -0.15) is 0 Å². The summed E-state index contributed by atoms with van der Waals surface area (Å²) in [6.07, 6.45) is 29.6. The first-order chi connectivity index (χ1) is 24.8. The second kappa shape index (κ2) is 33.5. The Morgan fingerprint density at radius 2 is 1.08 bits per heavy atom. The molecular weight excluding hydrogens is 646 g/mol. The van der Waals surface area contributed by atoms with Crippen LogP contribution in [-0.4, -0.2) is 87.5 Å². The number of carbonyl (C=O) groups excluding carboxylic acids is 1. The summed E-state index contributed by atoms with van der Waals surface area (Å²) >= 11 is 0. The van der Waals surface area contributed by atoms with Gasteiger partial charge in [-0.3, -0.25) is 4.79 Å². The highest BCUT2D eigenvalue weighted by molar-refractivity contribution is 5.76. The zero-order chi connectivity index (χ0) is 37.4. The van der Waals surface area contributed by atoms with E-state index in [1.165, 1.54) is 135 Å². The van der Waals surface area contributed by atoms with Crippen molar-refractivity contribution in [2.24, 2.45) is 0 Å². The molecule has 0 spiro atoms. The fourth-order valence-corrected chi connectivity index (χ4v) is 6.86. The Balaban J connectivity index is 2.39. The van der Waals surface area contributed by atoms with Crippen LogP contribution >= 0.6 is 0 Å². The predicted molar refractivity (Wildman–Crippen MR) is 207 cm³/mol. The van der Waals surface area contributed by atoms with Crippen LogP contribution < -0.4 is 5.32 Å². The molecule has 0 saturated carbocycles. The number of carbonyl (C=O) groups is 1. The van der Waals surface area contributed by atoms with Crippen molar-refractivity contribution in [1.29, 1.82) is 0 Å². The van der Waals surface area contributed by atoms with Crippen LogP contribution in [0, 0.1) is 0 Å². The van der Waals surface area contributed by atoms with Crippen LogP contribution in [0.3, 0.4) is 0 Å². The molecule has 1 heterocycles. The fourth-order valence-electron chi connectivity index (χ4n) is 6.86. The van der Waals surface area contributed by atoms with E-state index in [0.29, 0.717) is 6.42 Å². The third kappa shape index (κ3) is 24.8. The molecule has 0 aliphatic carbocycles. The lowest BCUT2D eigenvalue weighted by atomic mass is 9.99. The third-order valence-electron chi connectivity index (χ3n) is 10.4. The topological polar surface area (TPSA) is 149 Å². The average molecular weight is 728 g/mol. The molecule has 1 fully saturated rings. The molecule has 7 atom stereocenters. The fraction of sp³-hybridized carbons (Fsp3) is 0.929. The Hall–Kier alpha value is -1.07. The molecule has 1 aliphatic heterocycles. The van der Waals surface area contributed by atoms with E-state index in [2.05, 4.69) is 19.2 Å². The molecule has 1 amide bonds.